The van der Waals surface area contributed by atoms with E-state index in [0.717, 1.165) is 23.2 Å². The largest absolute Gasteiger partial charge is 0.493 e. The quantitative estimate of drug-likeness (QED) is 0.433. The number of ether oxygens (including phenoxy) is 2. The molecule has 1 aromatic heterocycles. The smallest absolute Gasteiger partial charge is 0.188 e. The highest BCUT2D eigenvalue weighted by atomic mass is 16.5. The molecule has 29 heavy (non-hydrogen) atoms. The number of guanidine groups is 1. The highest BCUT2D eigenvalue weighted by Gasteiger charge is 2.06. The zero-order valence-electron chi connectivity index (χ0n) is 16.5. The minimum absolute atomic E-state index is 0.407. The highest BCUT2D eigenvalue weighted by molar-refractivity contribution is 5.77. The van der Waals surface area contributed by atoms with Crippen LogP contribution in [0.15, 0.2) is 77.9 Å². The van der Waals surface area contributed by atoms with Gasteiger partial charge in [0.25, 0.3) is 0 Å². The van der Waals surface area contributed by atoms with Crippen LogP contribution in [0.1, 0.15) is 16.8 Å². The average molecular weight is 390 g/mol. The third-order valence-corrected chi connectivity index (χ3v) is 4.31. The van der Waals surface area contributed by atoms with Gasteiger partial charge in [-0.15, -0.1) is 0 Å². The summed E-state index contributed by atoms with van der Waals surface area (Å²) in [6.07, 6.45) is 2.58. The number of aliphatic imine (C=N–C) groups is 1. The van der Waals surface area contributed by atoms with Crippen LogP contribution in [0.3, 0.4) is 0 Å². The maximum Gasteiger partial charge on any atom is 0.188 e. The fourth-order valence-electron chi connectivity index (χ4n) is 2.76. The molecule has 0 aliphatic rings. The van der Waals surface area contributed by atoms with Crippen LogP contribution >= 0.6 is 0 Å². The molecule has 0 spiro atoms. The van der Waals surface area contributed by atoms with Crippen molar-refractivity contribution in [2.45, 2.75) is 19.6 Å². The van der Waals surface area contributed by atoms with Gasteiger partial charge in [0.1, 0.15) is 6.61 Å². The first-order valence-electron chi connectivity index (χ1n) is 9.52. The van der Waals surface area contributed by atoms with E-state index in [1.165, 1.54) is 0 Å². The molecule has 6 heteroatoms. The number of nitrogens with one attached hydrogen (secondary N) is 1. The molecule has 0 radical (unpaired) electrons. The summed E-state index contributed by atoms with van der Waals surface area (Å²) < 4.78 is 11.4. The van der Waals surface area contributed by atoms with Gasteiger partial charge in [0.05, 0.1) is 13.7 Å². The van der Waals surface area contributed by atoms with E-state index in [-0.39, 0.29) is 0 Å². The monoisotopic (exact) mass is 390 g/mol. The molecule has 3 rings (SSSR count). The van der Waals surface area contributed by atoms with E-state index in [2.05, 4.69) is 15.3 Å². The number of nitrogens with two attached hydrogens (primary N) is 1. The van der Waals surface area contributed by atoms with Gasteiger partial charge in [0.2, 0.25) is 0 Å². The molecule has 0 atom stereocenters. The molecule has 3 N–H and O–H groups in total. The Labute approximate surface area is 171 Å². The number of hydrogen-bond acceptors (Lipinski definition) is 4. The SMILES string of the molecule is COc1cc(CN=C(N)NCCc2ccccn2)ccc1OCc1ccccc1. The first kappa shape index (κ1) is 20.2. The van der Waals surface area contributed by atoms with E-state index in [9.17, 15) is 0 Å². The third kappa shape index (κ3) is 6.53. The Hall–Kier alpha value is -3.54. The number of pyridine rings is 1. The number of rotatable bonds is 9. The standard InChI is InChI=1S/C23H26N4O2/c1-28-22-15-19(10-11-21(22)29-17-18-7-3-2-4-8-18)16-27-23(24)26-14-12-20-9-5-6-13-25-20/h2-11,13,15H,12,14,16-17H2,1H3,(H3,24,26,27). The Morgan fingerprint density at radius 3 is 2.59 bits per heavy atom. The zero-order chi connectivity index (χ0) is 20.3. The predicted octanol–water partition coefficient (Wildman–Crippen LogP) is 3.32. The van der Waals surface area contributed by atoms with Crippen molar-refractivity contribution in [1.82, 2.24) is 10.3 Å². The van der Waals surface area contributed by atoms with Gasteiger partial charge in [-0.1, -0.05) is 42.5 Å². The van der Waals surface area contributed by atoms with Crippen LogP contribution in [0.25, 0.3) is 0 Å². The zero-order valence-corrected chi connectivity index (χ0v) is 16.5. The number of aromatic nitrogens is 1. The molecule has 0 unspecified atom stereocenters. The third-order valence-electron chi connectivity index (χ3n) is 4.31. The Morgan fingerprint density at radius 1 is 1.00 bits per heavy atom. The first-order chi connectivity index (χ1) is 14.2. The molecule has 1 heterocycles. The van der Waals surface area contributed by atoms with Crippen molar-refractivity contribution in [3.05, 3.63) is 89.7 Å². The van der Waals surface area contributed by atoms with Crippen LogP contribution in [0.2, 0.25) is 0 Å². The maximum atomic E-state index is 5.96. The number of methoxy groups -OCH3 is 1. The van der Waals surface area contributed by atoms with Gasteiger partial charge >= 0.3 is 0 Å². The van der Waals surface area contributed by atoms with Crippen molar-refractivity contribution in [2.75, 3.05) is 13.7 Å². The van der Waals surface area contributed by atoms with Crippen molar-refractivity contribution in [2.24, 2.45) is 10.7 Å². The normalized spacial score (nSPS) is 11.1. The van der Waals surface area contributed by atoms with Gasteiger partial charge in [0, 0.05) is 24.9 Å². The Balaban J connectivity index is 1.51. The Kier molecular flexibility index (Phi) is 7.46. The number of hydrogen-bond donors (Lipinski definition) is 2. The van der Waals surface area contributed by atoms with Crippen LogP contribution < -0.4 is 20.5 Å². The molecule has 6 nitrogen and oxygen atoms in total. The summed E-state index contributed by atoms with van der Waals surface area (Å²) in [4.78, 5) is 8.68. The number of benzene rings is 2. The topological polar surface area (TPSA) is 81.8 Å². The molecule has 3 aromatic rings. The summed E-state index contributed by atoms with van der Waals surface area (Å²) in [6.45, 7) is 1.63. The lowest BCUT2D eigenvalue weighted by Crippen LogP contribution is -2.33. The summed E-state index contributed by atoms with van der Waals surface area (Å²) >= 11 is 0. The van der Waals surface area contributed by atoms with Crippen molar-refractivity contribution in [3.63, 3.8) is 0 Å². The van der Waals surface area contributed by atoms with E-state index in [0.29, 0.717) is 37.2 Å². The Bertz CT molecular complexity index is 915. The molecule has 0 aliphatic carbocycles. The van der Waals surface area contributed by atoms with Crippen LogP contribution in [-0.2, 0) is 19.6 Å². The summed E-state index contributed by atoms with van der Waals surface area (Å²) in [7, 11) is 1.63. The first-order valence-corrected chi connectivity index (χ1v) is 9.52. The lowest BCUT2D eigenvalue weighted by atomic mass is 10.2. The Morgan fingerprint density at radius 2 is 1.83 bits per heavy atom. The predicted molar refractivity (Wildman–Crippen MR) is 115 cm³/mol. The van der Waals surface area contributed by atoms with Crippen molar-refractivity contribution in [3.8, 4) is 11.5 Å². The second-order valence-corrected chi connectivity index (χ2v) is 6.46. The molecule has 0 saturated carbocycles. The summed E-state index contributed by atoms with van der Waals surface area (Å²) in [5.74, 6) is 1.78. The molecule has 0 bridgehead atoms. The van der Waals surface area contributed by atoms with Gasteiger partial charge in [-0.25, -0.2) is 4.99 Å². The molecule has 0 amide bonds. The fraction of sp³-hybridized carbons (Fsp3) is 0.217. The van der Waals surface area contributed by atoms with Gasteiger partial charge in [0.15, 0.2) is 17.5 Å². The van der Waals surface area contributed by atoms with Crippen LogP contribution in [0.4, 0.5) is 0 Å². The van der Waals surface area contributed by atoms with E-state index < -0.39 is 0 Å². The molecule has 0 aliphatic heterocycles. The summed E-state index contributed by atoms with van der Waals surface area (Å²) in [5.41, 5.74) is 9.07. The van der Waals surface area contributed by atoms with Gasteiger partial charge in [-0.05, 0) is 35.4 Å². The fourth-order valence-corrected chi connectivity index (χ4v) is 2.76. The van der Waals surface area contributed by atoms with Gasteiger partial charge < -0.3 is 20.5 Å². The number of nitrogens with zero attached hydrogens (tertiary/aromatic N) is 2. The van der Waals surface area contributed by atoms with Crippen LogP contribution in [-0.4, -0.2) is 24.6 Å². The van der Waals surface area contributed by atoms with Gasteiger partial charge in [-0.3, -0.25) is 4.98 Å². The molecule has 0 fully saturated rings. The second-order valence-electron chi connectivity index (χ2n) is 6.46. The van der Waals surface area contributed by atoms with E-state index in [1.54, 1.807) is 13.3 Å². The van der Waals surface area contributed by atoms with Crippen LogP contribution in [0, 0.1) is 0 Å². The minimum Gasteiger partial charge on any atom is -0.493 e. The minimum atomic E-state index is 0.407. The van der Waals surface area contributed by atoms with Crippen LogP contribution in [0.5, 0.6) is 11.5 Å². The lowest BCUT2D eigenvalue weighted by Gasteiger charge is -2.12. The van der Waals surface area contributed by atoms with Crippen molar-refractivity contribution >= 4 is 5.96 Å². The lowest BCUT2D eigenvalue weighted by molar-refractivity contribution is 0.284. The average Bonchev–Trinajstić information content (AvgIpc) is 2.78. The van der Waals surface area contributed by atoms with E-state index >= 15 is 0 Å². The van der Waals surface area contributed by atoms with E-state index in [1.807, 2.05) is 66.7 Å². The van der Waals surface area contributed by atoms with Crippen molar-refractivity contribution < 1.29 is 9.47 Å². The summed E-state index contributed by atoms with van der Waals surface area (Å²) in [6, 6.07) is 21.7. The molecular weight excluding hydrogens is 364 g/mol. The molecule has 150 valence electrons. The van der Waals surface area contributed by atoms with Crippen molar-refractivity contribution in [1.29, 1.82) is 0 Å². The molecule has 2 aromatic carbocycles. The van der Waals surface area contributed by atoms with Gasteiger partial charge in [-0.2, -0.15) is 0 Å². The highest BCUT2D eigenvalue weighted by Crippen LogP contribution is 2.29. The van der Waals surface area contributed by atoms with E-state index in [4.69, 9.17) is 15.2 Å². The summed E-state index contributed by atoms with van der Waals surface area (Å²) in [5, 5.41) is 3.11. The maximum absolute atomic E-state index is 5.96. The molecule has 0 saturated heterocycles. The second kappa shape index (κ2) is 10.7. The molecular formula is C23H26N4O2.